The van der Waals surface area contributed by atoms with E-state index in [1.807, 2.05) is 10.6 Å². The summed E-state index contributed by atoms with van der Waals surface area (Å²) in [5.41, 5.74) is 19.9. The number of nitrogens with two attached hydrogens (primary N) is 4. The van der Waals surface area contributed by atoms with Crippen molar-refractivity contribution in [3.05, 3.63) is 0 Å². The van der Waals surface area contributed by atoms with Gasteiger partial charge in [0.15, 0.2) is 0 Å². The second-order valence-electron chi connectivity index (χ2n) is 3.03. The number of amides is 4. The maximum Gasteiger partial charge on any atom is 0.318 e. The Bertz CT molecular complexity index is 461. The van der Waals surface area contributed by atoms with Gasteiger partial charge in [0, 0.05) is 0 Å². The summed E-state index contributed by atoms with van der Waals surface area (Å²) in [5, 5.41) is 2.54. The SMILES string of the molecule is NC(=O)NC(N)=NSC(=O)CC(=O)SN=C(N)NC(N)=O. The van der Waals surface area contributed by atoms with Gasteiger partial charge >= 0.3 is 12.1 Å². The fourth-order valence-corrected chi connectivity index (χ4v) is 1.65. The third-order valence-corrected chi connectivity index (χ3v) is 2.55. The summed E-state index contributed by atoms with van der Waals surface area (Å²) in [6, 6.07) is -1.88. The predicted octanol–water partition coefficient (Wildman–Crippen LogP) is -2.31. The zero-order valence-corrected chi connectivity index (χ0v) is 12.0. The second-order valence-corrected chi connectivity index (χ2v) is 4.68. The van der Waals surface area contributed by atoms with E-state index in [4.69, 9.17) is 22.9 Å². The van der Waals surface area contributed by atoms with Gasteiger partial charge in [-0.25, -0.2) is 9.59 Å². The van der Waals surface area contributed by atoms with Gasteiger partial charge in [0.25, 0.3) is 0 Å². The summed E-state index contributed by atoms with van der Waals surface area (Å²) in [5.74, 6) is -0.761. The number of hydrogen-bond donors (Lipinski definition) is 6. The van der Waals surface area contributed by atoms with E-state index >= 15 is 0 Å². The first-order valence-electron chi connectivity index (χ1n) is 4.90. The number of nitrogens with one attached hydrogen (secondary N) is 2. The lowest BCUT2D eigenvalue weighted by Gasteiger charge is -1.99. The molecular weight excluding hydrogens is 324 g/mol. The van der Waals surface area contributed by atoms with Gasteiger partial charge in [-0.15, -0.1) is 0 Å². The van der Waals surface area contributed by atoms with Crippen molar-refractivity contribution in [3.63, 3.8) is 0 Å². The van der Waals surface area contributed by atoms with Crippen molar-refractivity contribution in [3.8, 4) is 0 Å². The van der Waals surface area contributed by atoms with Crippen LogP contribution in [-0.2, 0) is 9.59 Å². The fraction of sp³-hybridized carbons (Fsp3) is 0.143. The van der Waals surface area contributed by atoms with Crippen LogP contribution >= 0.6 is 23.9 Å². The smallest absolute Gasteiger partial charge is 0.318 e. The minimum absolute atomic E-state index is 0.350. The van der Waals surface area contributed by atoms with Gasteiger partial charge in [0.2, 0.25) is 22.1 Å². The molecule has 0 aliphatic carbocycles. The summed E-state index contributed by atoms with van der Waals surface area (Å²) >= 11 is 0.700. The van der Waals surface area contributed by atoms with Crippen molar-refractivity contribution in [2.24, 2.45) is 31.7 Å². The third-order valence-electron chi connectivity index (χ3n) is 1.28. The molecule has 0 unspecified atom stereocenters. The van der Waals surface area contributed by atoms with E-state index < -0.39 is 28.7 Å². The molecule has 10 N–H and O–H groups in total. The lowest BCUT2D eigenvalue weighted by atomic mass is 10.5. The molecule has 0 spiro atoms. The van der Waals surface area contributed by atoms with E-state index in [2.05, 4.69) is 8.80 Å². The van der Waals surface area contributed by atoms with Crippen LogP contribution in [0.3, 0.4) is 0 Å². The van der Waals surface area contributed by atoms with Crippen molar-refractivity contribution >= 4 is 58.1 Å². The van der Waals surface area contributed by atoms with Gasteiger partial charge in [-0.1, -0.05) is 0 Å². The maximum atomic E-state index is 11.3. The van der Waals surface area contributed by atoms with Crippen LogP contribution < -0.4 is 33.6 Å². The standard InChI is InChI=1S/C7H12N8O4S2/c8-4(12-6(10)18)14-20-2(16)1-3(17)21-15-5(9)13-7(11)19/h1H2,(H5,8,10,12,14,18)(H5,9,11,13,15,19). The van der Waals surface area contributed by atoms with Crippen molar-refractivity contribution in [1.82, 2.24) is 10.6 Å². The fourth-order valence-electron chi connectivity index (χ4n) is 0.681. The number of nitrogens with zero attached hydrogens (tertiary/aromatic N) is 2. The molecule has 116 valence electrons. The molecule has 0 saturated heterocycles. The first-order valence-corrected chi connectivity index (χ1v) is 6.45. The lowest BCUT2D eigenvalue weighted by molar-refractivity contribution is -0.117. The van der Waals surface area contributed by atoms with E-state index in [9.17, 15) is 19.2 Å². The number of rotatable bonds is 4. The number of hydrogen-bond acceptors (Lipinski definition) is 8. The highest BCUT2D eigenvalue weighted by Gasteiger charge is 2.12. The molecule has 0 fully saturated rings. The Morgan fingerprint density at radius 2 is 1.10 bits per heavy atom. The zero-order valence-electron chi connectivity index (χ0n) is 10.4. The normalized spacial score (nSPS) is 11.6. The van der Waals surface area contributed by atoms with Crippen LogP contribution in [0.2, 0.25) is 0 Å². The lowest BCUT2D eigenvalue weighted by Crippen LogP contribution is -2.39. The van der Waals surface area contributed by atoms with E-state index in [0.29, 0.717) is 23.9 Å². The Kier molecular flexibility index (Phi) is 8.31. The Morgan fingerprint density at radius 3 is 1.38 bits per heavy atom. The van der Waals surface area contributed by atoms with Gasteiger partial charge in [0.05, 0.1) is 30.3 Å². The molecule has 21 heavy (non-hydrogen) atoms. The Labute approximate surface area is 126 Å². The number of urea groups is 2. The van der Waals surface area contributed by atoms with Crippen LogP contribution in [0.1, 0.15) is 6.42 Å². The Balaban J connectivity index is 4.19. The average Bonchev–Trinajstić information content (AvgIpc) is 2.32. The molecule has 0 aromatic heterocycles. The molecule has 12 nitrogen and oxygen atoms in total. The van der Waals surface area contributed by atoms with Gasteiger partial charge in [0.1, 0.15) is 0 Å². The quantitative estimate of drug-likeness (QED) is 0.141. The molecule has 4 amide bonds. The van der Waals surface area contributed by atoms with E-state index in [-0.39, 0.29) is 11.9 Å². The first kappa shape index (κ1) is 18.5. The molecule has 0 atom stereocenters. The van der Waals surface area contributed by atoms with Crippen LogP contribution in [0.15, 0.2) is 8.80 Å². The van der Waals surface area contributed by atoms with Crippen molar-refractivity contribution in [1.29, 1.82) is 0 Å². The molecule has 0 bridgehead atoms. The highest BCUT2D eigenvalue weighted by molar-refractivity contribution is 8.14. The molecule has 0 rings (SSSR count). The largest absolute Gasteiger partial charge is 0.369 e. The van der Waals surface area contributed by atoms with Crippen LogP contribution in [0.5, 0.6) is 0 Å². The molecule has 0 aromatic carbocycles. The molecule has 0 radical (unpaired) electrons. The first-order chi connectivity index (χ1) is 9.70. The van der Waals surface area contributed by atoms with Gasteiger partial charge in [-0.3, -0.25) is 20.2 Å². The average molecular weight is 336 g/mol. The minimum atomic E-state index is -0.942. The summed E-state index contributed by atoms with van der Waals surface area (Å²) in [6.45, 7) is 0. The van der Waals surface area contributed by atoms with Crippen LogP contribution in [0.25, 0.3) is 0 Å². The number of carbonyl (C=O) groups excluding carboxylic acids is 4. The Morgan fingerprint density at radius 1 is 0.762 bits per heavy atom. The Hall–Kier alpha value is -2.48. The van der Waals surface area contributed by atoms with E-state index in [1.54, 1.807) is 0 Å². The summed E-state index contributed by atoms with van der Waals surface area (Å²) in [6.07, 6.45) is -0.532. The summed E-state index contributed by atoms with van der Waals surface area (Å²) in [4.78, 5) is 43.4. The van der Waals surface area contributed by atoms with Crippen LogP contribution in [0.4, 0.5) is 9.59 Å². The molecule has 0 aliphatic rings. The molecule has 14 heteroatoms. The van der Waals surface area contributed by atoms with Crippen LogP contribution in [-0.4, -0.2) is 34.2 Å². The maximum absolute atomic E-state index is 11.3. The number of guanidine groups is 2. The minimum Gasteiger partial charge on any atom is -0.369 e. The van der Waals surface area contributed by atoms with E-state index in [0.717, 1.165) is 0 Å². The highest BCUT2D eigenvalue weighted by atomic mass is 32.2. The highest BCUT2D eigenvalue weighted by Crippen LogP contribution is 2.13. The topological polar surface area (TPSA) is 221 Å². The van der Waals surface area contributed by atoms with E-state index in [1.165, 1.54) is 0 Å². The van der Waals surface area contributed by atoms with Gasteiger partial charge in [-0.05, 0) is 0 Å². The monoisotopic (exact) mass is 336 g/mol. The van der Waals surface area contributed by atoms with Gasteiger partial charge in [-0.2, -0.15) is 8.80 Å². The second kappa shape index (κ2) is 9.43. The molecule has 0 aromatic rings. The van der Waals surface area contributed by atoms with Crippen molar-refractivity contribution in [2.45, 2.75) is 6.42 Å². The van der Waals surface area contributed by atoms with Crippen LogP contribution in [0, 0.1) is 0 Å². The molecule has 0 aliphatic heterocycles. The van der Waals surface area contributed by atoms with Gasteiger partial charge < -0.3 is 22.9 Å². The third kappa shape index (κ3) is 11.1. The number of primary amides is 2. The molecular formula is C7H12N8O4S2. The van der Waals surface area contributed by atoms with Crippen molar-refractivity contribution in [2.75, 3.05) is 0 Å². The number of carbonyl (C=O) groups is 4. The summed E-state index contributed by atoms with van der Waals surface area (Å²) in [7, 11) is 0. The van der Waals surface area contributed by atoms with Crippen molar-refractivity contribution < 1.29 is 19.2 Å². The molecule has 0 heterocycles. The predicted molar refractivity (Wildman–Crippen MR) is 78.5 cm³/mol. The molecule has 0 saturated carbocycles. The zero-order chi connectivity index (χ0) is 16.4. The summed E-state index contributed by atoms with van der Waals surface area (Å²) < 4.78 is 6.81.